The molecule has 1 aliphatic carbocycles. The van der Waals surface area contributed by atoms with Crippen molar-refractivity contribution in [1.82, 2.24) is 0 Å². The van der Waals surface area contributed by atoms with Gasteiger partial charge in [-0.3, -0.25) is 4.79 Å². The SMILES string of the molecule is COc1ccc(/C=C/C(=O)C2CC2)cc1COc1ccccc1Br. The van der Waals surface area contributed by atoms with Gasteiger partial charge in [-0.2, -0.15) is 0 Å². The first-order valence-electron chi connectivity index (χ1n) is 7.93. The van der Waals surface area contributed by atoms with Crippen LogP contribution < -0.4 is 9.47 Å². The zero-order valence-electron chi connectivity index (χ0n) is 13.5. The third-order valence-corrected chi connectivity index (χ3v) is 4.60. The van der Waals surface area contributed by atoms with Crippen LogP contribution in [0.15, 0.2) is 53.0 Å². The highest BCUT2D eigenvalue weighted by Gasteiger charge is 2.27. The van der Waals surface area contributed by atoms with Gasteiger partial charge in [-0.1, -0.05) is 24.3 Å². The van der Waals surface area contributed by atoms with E-state index in [-0.39, 0.29) is 11.7 Å². The number of hydrogen-bond acceptors (Lipinski definition) is 3. The Hall–Kier alpha value is -2.07. The monoisotopic (exact) mass is 386 g/mol. The van der Waals surface area contributed by atoms with E-state index in [1.54, 1.807) is 13.2 Å². The molecule has 0 saturated heterocycles. The maximum absolute atomic E-state index is 11.8. The molecule has 0 radical (unpaired) electrons. The van der Waals surface area contributed by atoms with Crippen LogP contribution in [0.1, 0.15) is 24.0 Å². The molecule has 0 unspecified atom stereocenters. The van der Waals surface area contributed by atoms with Crippen LogP contribution in [0.25, 0.3) is 6.08 Å². The summed E-state index contributed by atoms with van der Waals surface area (Å²) >= 11 is 3.48. The summed E-state index contributed by atoms with van der Waals surface area (Å²) in [5.41, 5.74) is 1.91. The van der Waals surface area contributed by atoms with E-state index < -0.39 is 0 Å². The molecule has 24 heavy (non-hydrogen) atoms. The molecule has 1 saturated carbocycles. The van der Waals surface area contributed by atoms with Gasteiger partial charge >= 0.3 is 0 Å². The van der Waals surface area contributed by atoms with Gasteiger partial charge < -0.3 is 9.47 Å². The van der Waals surface area contributed by atoms with E-state index in [4.69, 9.17) is 9.47 Å². The average Bonchev–Trinajstić information content (AvgIpc) is 3.44. The summed E-state index contributed by atoms with van der Waals surface area (Å²) in [5.74, 6) is 2.02. The van der Waals surface area contributed by atoms with Crippen molar-refractivity contribution in [3.8, 4) is 11.5 Å². The normalized spacial score (nSPS) is 13.9. The number of hydrogen-bond donors (Lipinski definition) is 0. The van der Waals surface area contributed by atoms with Crippen molar-refractivity contribution in [2.75, 3.05) is 7.11 Å². The summed E-state index contributed by atoms with van der Waals surface area (Å²) in [4.78, 5) is 11.8. The van der Waals surface area contributed by atoms with Gasteiger partial charge in [0.2, 0.25) is 0 Å². The Balaban J connectivity index is 1.74. The van der Waals surface area contributed by atoms with E-state index in [9.17, 15) is 4.79 Å². The summed E-state index contributed by atoms with van der Waals surface area (Å²) in [6.45, 7) is 0.393. The van der Waals surface area contributed by atoms with Crippen molar-refractivity contribution < 1.29 is 14.3 Å². The summed E-state index contributed by atoms with van der Waals surface area (Å²) in [5, 5.41) is 0. The average molecular weight is 387 g/mol. The standard InChI is InChI=1S/C20H19BrO3/c1-23-19-11-7-14(6-10-18(22)15-8-9-15)12-16(19)13-24-20-5-3-2-4-17(20)21/h2-7,10-12,15H,8-9,13H2,1H3/b10-6+. The van der Waals surface area contributed by atoms with Gasteiger partial charge in [0.1, 0.15) is 18.1 Å². The summed E-state index contributed by atoms with van der Waals surface area (Å²) < 4.78 is 12.2. The lowest BCUT2D eigenvalue weighted by molar-refractivity contribution is -0.115. The van der Waals surface area contributed by atoms with Crippen molar-refractivity contribution in [2.45, 2.75) is 19.4 Å². The van der Waals surface area contributed by atoms with E-state index in [2.05, 4.69) is 15.9 Å². The van der Waals surface area contributed by atoms with E-state index >= 15 is 0 Å². The molecule has 0 amide bonds. The molecule has 2 aromatic carbocycles. The predicted molar refractivity (Wildman–Crippen MR) is 98.2 cm³/mol. The Morgan fingerprint density at radius 2 is 2.00 bits per heavy atom. The molecule has 0 N–H and O–H groups in total. The van der Waals surface area contributed by atoms with Gasteiger partial charge in [0.05, 0.1) is 11.6 Å². The lowest BCUT2D eigenvalue weighted by atomic mass is 10.1. The summed E-state index contributed by atoms with van der Waals surface area (Å²) in [6.07, 6.45) is 5.59. The molecule has 1 fully saturated rings. The molecule has 1 aliphatic rings. The first kappa shape index (κ1) is 16.8. The lowest BCUT2D eigenvalue weighted by Crippen LogP contribution is -2.00. The van der Waals surface area contributed by atoms with E-state index in [1.807, 2.05) is 48.5 Å². The number of carbonyl (C=O) groups excluding carboxylic acids is 1. The first-order chi connectivity index (χ1) is 11.7. The van der Waals surface area contributed by atoms with Gasteiger partial charge in [0.15, 0.2) is 5.78 Å². The molecule has 3 rings (SSSR count). The van der Waals surface area contributed by atoms with Gasteiger partial charge in [-0.05, 0) is 64.7 Å². The minimum absolute atomic E-state index is 0.219. The minimum atomic E-state index is 0.219. The highest BCUT2D eigenvalue weighted by Crippen LogP contribution is 2.31. The number of para-hydroxylation sites is 1. The molecule has 0 heterocycles. The lowest BCUT2D eigenvalue weighted by Gasteiger charge is -2.12. The van der Waals surface area contributed by atoms with Gasteiger partial charge in [-0.25, -0.2) is 0 Å². The second-order valence-electron chi connectivity index (χ2n) is 5.80. The molecular weight excluding hydrogens is 368 g/mol. The highest BCUT2D eigenvalue weighted by molar-refractivity contribution is 9.10. The number of allylic oxidation sites excluding steroid dienone is 1. The molecule has 0 aliphatic heterocycles. The molecule has 0 spiro atoms. The van der Waals surface area contributed by atoms with Gasteiger partial charge in [0.25, 0.3) is 0 Å². The Morgan fingerprint density at radius 1 is 1.21 bits per heavy atom. The quantitative estimate of drug-likeness (QED) is 0.626. The number of ether oxygens (including phenoxy) is 2. The number of halogens is 1. The van der Waals surface area contributed by atoms with Crippen LogP contribution in [0.2, 0.25) is 0 Å². The molecule has 4 heteroatoms. The second-order valence-corrected chi connectivity index (χ2v) is 6.65. The van der Waals surface area contributed by atoms with Crippen LogP contribution in [-0.2, 0) is 11.4 Å². The van der Waals surface area contributed by atoms with E-state index in [1.165, 1.54) is 0 Å². The maximum Gasteiger partial charge on any atom is 0.158 e. The Bertz CT molecular complexity index is 763. The topological polar surface area (TPSA) is 35.5 Å². The van der Waals surface area contributed by atoms with Crippen molar-refractivity contribution in [3.63, 3.8) is 0 Å². The first-order valence-corrected chi connectivity index (χ1v) is 8.73. The van der Waals surface area contributed by atoms with Crippen molar-refractivity contribution in [3.05, 3.63) is 64.1 Å². The third kappa shape index (κ3) is 4.26. The Labute approximate surface area is 150 Å². The van der Waals surface area contributed by atoms with Gasteiger partial charge in [-0.15, -0.1) is 0 Å². The van der Waals surface area contributed by atoms with E-state index in [0.717, 1.165) is 39.9 Å². The van der Waals surface area contributed by atoms with Gasteiger partial charge in [0, 0.05) is 11.5 Å². The molecule has 0 atom stereocenters. The molecule has 0 aromatic heterocycles. The van der Waals surface area contributed by atoms with Crippen molar-refractivity contribution >= 4 is 27.8 Å². The van der Waals surface area contributed by atoms with Crippen LogP contribution in [-0.4, -0.2) is 12.9 Å². The van der Waals surface area contributed by atoms with E-state index in [0.29, 0.717) is 6.61 Å². The molecule has 2 aromatic rings. The number of ketones is 1. The Kier molecular flexibility index (Phi) is 5.36. The fourth-order valence-electron chi connectivity index (χ4n) is 2.41. The zero-order chi connectivity index (χ0) is 16.9. The molecule has 3 nitrogen and oxygen atoms in total. The Morgan fingerprint density at radius 3 is 2.71 bits per heavy atom. The fraction of sp³-hybridized carbons (Fsp3) is 0.250. The van der Waals surface area contributed by atoms with Crippen molar-refractivity contribution in [2.24, 2.45) is 5.92 Å². The second kappa shape index (κ2) is 7.67. The van der Waals surface area contributed by atoms with Crippen LogP contribution in [0.4, 0.5) is 0 Å². The maximum atomic E-state index is 11.8. The zero-order valence-corrected chi connectivity index (χ0v) is 15.1. The fourth-order valence-corrected chi connectivity index (χ4v) is 2.81. The van der Waals surface area contributed by atoms with Crippen LogP contribution in [0, 0.1) is 5.92 Å². The van der Waals surface area contributed by atoms with Crippen LogP contribution in [0.5, 0.6) is 11.5 Å². The minimum Gasteiger partial charge on any atom is -0.496 e. The number of rotatable bonds is 7. The molecule has 0 bridgehead atoms. The smallest absolute Gasteiger partial charge is 0.158 e. The summed E-state index contributed by atoms with van der Waals surface area (Å²) in [7, 11) is 1.64. The largest absolute Gasteiger partial charge is 0.496 e. The third-order valence-electron chi connectivity index (χ3n) is 3.94. The highest BCUT2D eigenvalue weighted by atomic mass is 79.9. The molecule has 124 valence electrons. The molecular formula is C20H19BrO3. The number of benzene rings is 2. The number of carbonyl (C=O) groups is 1. The van der Waals surface area contributed by atoms with Crippen LogP contribution in [0.3, 0.4) is 0 Å². The number of methoxy groups -OCH3 is 1. The van der Waals surface area contributed by atoms with Crippen LogP contribution >= 0.6 is 15.9 Å². The van der Waals surface area contributed by atoms with Crippen molar-refractivity contribution in [1.29, 1.82) is 0 Å². The predicted octanol–water partition coefficient (Wildman–Crippen LogP) is 5.03. The summed E-state index contributed by atoms with van der Waals surface area (Å²) in [6, 6.07) is 13.6.